The molecule has 3 aromatic carbocycles. The fraction of sp³-hybridized carbons (Fsp3) is 0.185. The lowest BCUT2D eigenvalue weighted by Gasteiger charge is -2.18. The van der Waals surface area contributed by atoms with Crippen LogP contribution >= 0.6 is 23.2 Å². The quantitative estimate of drug-likeness (QED) is 0.285. The van der Waals surface area contributed by atoms with Gasteiger partial charge in [-0.2, -0.15) is 0 Å². The van der Waals surface area contributed by atoms with E-state index in [2.05, 4.69) is 5.32 Å². The van der Waals surface area contributed by atoms with Gasteiger partial charge in [0.2, 0.25) is 0 Å². The molecule has 1 heterocycles. The molecule has 8 nitrogen and oxygen atoms in total. The van der Waals surface area contributed by atoms with Crippen molar-refractivity contribution >= 4 is 46.0 Å². The number of alkyl halides is 1. The average molecular weight is 540 g/mol. The van der Waals surface area contributed by atoms with Crippen LogP contribution in [0.25, 0.3) is 16.6 Å². The van der Waals surface area contributed by atoms with Crippen molar-refractivity contribution in [1.29, 1.82) is 0 Å². The number of hydrogen-bond acceptors (Lipinski definition) is 5. The SMILES string of the molecule is Cc1cccc(Cl)c1C(=O)N[C@@H](Cc1ccc(-n2c(=O)c3ccccc3n(C)c2=O)cc1)C(=O)OCCl. The van der Waals surface area contributed by atoms with E-state index < -0.39 is 29.2 Å². The minimum absolute atomic E-state index is 0.0792. The van der Waals surface area contributed by atoms with E-state index in [-0.39, 0.29) is 23.1 Å². The fourth-order valence-electron chi connectivity index (χ4n) is 4.15. The summed E-state index contributed by atoms with van der Waals surface area (Å²) in [5.41, 5.74) is 1.56. The van der Waals surface area contributed by atoms with E-state index in [4.69, 9.17) is 27.9 Å². The van der Waals surface area contributed by atoms with E-state index in [1.165, 1.54) is 4.57 Å². The number of esters is 1. The molecule has 0 aliphatic carbocycles. The number of carbonyl (C=O) groups is 2. The van der Waals surface area contributed by atoms with Gasteiger partial charge in [-0.3, -0.25) is 14.2 Å². The van der Waals surface area contributed by atoms with Crippen LogP contribution in [0.3, 0.4) is 0 Å². The largest absolute Gasteiger partial charge is 0.448 e. The monoisotopic (exact) mass is 539 g/mol. The van der Waals surface area contributed by atoms with Crippen LogP contribution in [0.4, 0.5) is 0 Å². The Hall–Kier alpha value is -3.88. The van der Waals surface area contributed by atoms with Gasteiger partial charge in [-0.15, -0.1) is 0 Å². The summed E-state index contributed by atoms with van der Waals surface area (Å²) in [6.07, 6.45) is 0.0792. The van der Waals surface area contributed by atoms with Crippen molar-refractivity contribution in [1.82, 2.24) is 14.5 Å². The molecule has 4 aromatic rings. The smallest absolute Gasteiger partial charge is 0.335 e. The number of halogens is 2. The maximum atomic E-state index is 13.1. The van der Waals surface area contributed by atoms with Crippen LogP contribution in [-0.2, 0) is 23.0 Å². The Kier molecular flexibility index (Phi) is 7.80. The van der Waals surface area contributed by atoms with Crippen molar-refractivity contribution in [3.05, 3.63) is 109 Å². The standard InChI is InChI=1S/C27H23Cl2N3O5/c1-16-6-5-8-20(29)23(16)24(33)30-21(26(35)37-15-28)14-17-10-12-18(13-11-17)32-25(34)19-7-3-4-9-22(19)31(2)27(32)36/h3-13,21H,14-15H2,1-2H3,(H,30,33)/t21-/m0/s1. The Labute approximate surface area is 222 Å². The summed E-state index contributed by atoms with van der Waals surface area (Å²) >= 11 is 11.8. The van der Waals surface area contributed by atoms with Crippen molar-refractivity contribution in [3.8, 4) is 5.69 Å². The number of carbonyl (C=O) groups excluding carboxylic acids is 2. The number of ether oxygens (including phenoxy) is 1. The number of hydrogen-bond donors (Lipinski definition) is 1. The Morgan fingerprint density at radius 2 is 1.70 bits per heavy atom. The molecule has 1 amide bonds. The highest BCUT2D eigenvalue weighted by Gasteiger charge is 2.25. The van der Waals surface area contributed by atoms with Crippen molar-refractivity contribution in [3.63, 3.8) is 0 Å². The molecule has 0 fully saturated rings. The molecule has 1 aromatic heterocycles. The lowest BCUT2D eigenvalue weighted by molar-refractivity contribution is -0.143. The van der Waals surface area contributed by atoms with Crippen molar-refractivity contribution in [2.45, 2.75) is 19.4 Å². The van der Waals surface area contributed by atoms with E-state index in [0.29, 0.717) is 27.7 Å². The minimum atomic E-state index is -1.05. The van der Waals surface area contributed by atoms with Gasteiger partial charge in [-0.1, -0.05) is 59.6 Å². The van der Waals surface area contributed by atoms with Gasteiger partial charge in [0.15, 0.2) is 6.07 Å². The third-order valence-electron chi connectivity index (χ3n) is 6.05. The number of aromatic nitrogens is 2. The van der Waals surface area contributed by atoms with Gasteiger partial charge in [0.05, 0.1) is 27.2 Å². The Balaban J connectivity index is 1.64. The molecular weight excluding hydrogens is 517 g/mol. The van der Waals surface area contributed by atoms with Crippen LogP contribution in [0.2, 0.25) is 5.02 Å². The lowest BCUT2D eigenvalue weighted by Crippen LogP contribution is -2.43. The van der Waals surface area contributed by atoms with E-state index in [9.17, 15) is 19.2 Å². The molecule has 0 unspecified atom stereocenters. The molecule has 4 rings (SSSR count). The van der Waals surface area contributed by atoms with Gasteiger partial charge in [0, 0.05) is 13.5 Å². The van der Waals surface area contributed by atoms with Gasteiger partial charge in [-0.05, 0) is 48.4 Å². The zero-order valence-corrected chi connectivity index (χ0v) is 21.5. The number of aryl methyl sites for hydroxylation is 2. The van der Waals surface area contributed by atoms with Gasteiger partial charge >= 0.3 is 11.7 Å². The lowest BCUT2D eigenvalue weighted by atomic mass is 10.0. The van der Waals surface area contributed by atoms with Gasteiger partial charge < -0.3 is 10.1 Å². The second-order valence-electron chi connectivity index (χ2n) is 8.40. The van der Waals surface area contributed by atoms with Gasteiger partial charge in [-0.25, -0.2) is 14.2 Å². The highest BCUT2D eigenvalue weighted by molar-refractivity contribution is 6.34. The van der Waals surface area contributed by atoms with E-state index in [1.807, 2.05) is 0 Å². The maximum absolute atomic E-state index is 13.1. The van der Waals surface area contributed by atoms with Crippen LogP contribution in [-0.4, -0.2) is 33.1 Å². The average Bonchev–Trinajstić information content (AvgIpc) is 2.88. The van der Waals surface area contributed by atoms with Crippen LogP contribution in [0.15, 0.2) is 76.3 Å². The molecule has 10 heteroatoms. The highest BCUT2D eigenvalue weighted by atomic mass is 35.5. The van der Waals surface area contributed by atoms with Crippen molar-refractivity contribution in [2.75, 3.05) is 6.07 Å². The number of benzene rings is 3. The molecule has 0 bridgehead atoms. The molecule has 0 saturated heterocycles. The third kappa shape index (κ3) is 5.30. The Morgan fingerprint density at radius 3 is 2.38 bits per heavy atom. The predicted octanol–water partition coefficient (Wildman–Crippen LogP) is 3.73. The molecular formula is C27H23Cl2N3O5. The topological polar surface area (TPSA) is 99.4 Å². The zero-order valence-electron chi connectivity index (χ0n) is 20.0. The number of rotatable bonds is 7. The summed E-state index contributed by atoms with van der Waals surface area (Å²) < 4.78 is 7.44. The van der Waals surface area contributed by atoms with E-state index in [1.54, 1.807) is 80.7 Å². The van der Waals surface area contributed by atoms with Gasteiger partial charge in [0.1, 0.15) is 6.04 Å². The summed E-state index contributed by atoms with van der Waals surface area (Å²) in [7, 11) is 1.60. The number of amides is 1. The molecule has 1 atom stereocenters. The number of para-hydroxylation sites is 1. The Morgan fingerprint density at radius 1 is 1.00 bits per heavy atom. The fourth-order valence-corrected chi connectivity index (χ4v) is 4.56. The first-order valence-corrected chi connectivity index (χ1v) is 12.2. The molecule has 190 valence electrons. The van der Waals surface area contributed by atoms with Gasteiger partial charge in [0.25, 0.3) is 11.5 Å². The highest BCUT2D eigenvalue weighted by Crippen LogP contribution is 2.20. The predicted molar refractivity (Wildman–Crippen MR) is 143 cm³/mol. The number of fused-ring (bicyclic) bond motifs is 1. The summed E-state index contributed by atoms with van der Waals surface area (Å²) in [5.74, 6) is -1.24. The summed E-state index contributed by atoms with van der Waals surface area (Å²) in [6, 6.07) is 17.1. The second-order valence-corrected chi connectivity index (χ2v) is 9.03. The van der Waals surface area contributed by atoms with E-state index in [0.717, 1.165) is 4.57 Å². The first kappa shape index (κ1) is 26.2. The van der Waals surface area contributed by atoms with Crippen LogP contribution < -0.4 is 16.6 Å². The maximum Gasteiger partial charge on any atom is 0.335 e. The van der Waals surface area contributed by atoms with Crippen LogP contribution in [0.5, 0.6) is 0 Å². The molecule has 0 spiro atoms. The molecule has 1 N–H and O–H groups in total. The Bertz CT molecular complexity index is 1590. The normalized spacial score (nSPS) is 11.8. The second kappa shape index (κ2) is 11.0. The van der Waals surface area contributed by atoms with E-state index >= 15 is 0 Å². The number of nitrogens with one attached hydrogen (secondary N) is 1. The summed E-state index contributed by atoms with van der Waals surface area (Å²) in [5, 5.41) is 3.35. The zero-order chi connectivity index (χ0) is 26.7. The molecule has 0 aliphatic rings. The van der Waals surface area contributed by atoms with Crippen LogP contribution in [0, 0.1) is 6.92 Å². The van der Waals surface area contributed by atoms with Crippen molar-refractivity contribution < 1.29 is 14.3 Å². The molecule has 0 aliphatic heterocycles. The summed E-state index contributed by atoms with van der Waals surface area (Å²) in [4.78, 5) is 51.5. The summed E-state index contributed by atoms with van der Waals surface area (Å²) in [6.45, 7) is 1.74. The minimum Gasteiger partial charge on any atom is -0.448 e. The first-order chi connectivity index (χ1) is 17.7. The molecule has 0 saturated carbocycles. The van der Waals surface area contributed by atoms with Crippen molar-refractivity contribution in [2.24, 2.45) is 7.05 Å². The van der Waals surface area contributed by atoms with Crippen LogP contribution in [0.1, 0.15) is 21.5 Å². The number of nitrogens with zero attached hydrogens (tertiary/aromatic N) is 2. The third-order valence-corrected chi connectivity index (χ3v) is 6.47. The first-order valence-electron chi connectivity index (χ1n) is 11.3. The molecule has 0 radical (unpaired) electrons. The molecule has 37 heavy (non-hydrogen) atoms.